The van der Waals surface area contributed by atoms with Crippen LogP contribution in [0.25, 0.3) is 0 Å². The Hall–Kier alpha value is -5.53. The lowest BCUT2D eigenvalue weighted by atomic mass is 9.93. The van der Waals surface area contributed by atoms with E-state index in [1.165, 1.54) is 0 Å². The monoisotopic (exact) mass is 706 g/mol. The number of rotatable bonds is 10. The Bertz CT molecular complexity index is 2130. The summed E-state index contributed by atoms with van der Waals surface area (Å²) in [5, 5.41) is 9.28. The summed E-state index contributed by atoms with van der Waals surface area (Å²) in [7, 11) is 0. The maximum absolute atomic E-state index is 13.4. The number of carbonyl (C=O) groups is 2. The summed E-state index contributed by atoms with van der Waals surface area (Å²) in [6, 6.07) is 54.8. The topological polar surface area (TPSA) is 70.1 Å². The number of hydrogen-bond donors (Lipinski definition) is 1. The molecule has 52 heavy (non-hydrogen) atoms. The maximum Gasteiger partial charge on any atom is 0.257 e. The van der Waals surface area contributed by atoms with Gasteiger partial charge in [-0.1, -0.05) is 169 Å². The van der Waals surface area contributed by atoms with E-state index in [0.717, 1.165) is 33.4 Å². The van der Waals surface area contributed by atoms with Gasteiger partial charge in [0.1, 0.15) is 0 Å². The zero-order valence-corrected chi connectivity index (χ0v) is 29.4. The minimum absolute atomic E-state index is 0.0340. The van der Waals surface area contributed by atoms with E-state index in [2.05, 4.69) is 0 Å². The number of aliphatic hydroxyl groups is 1. The van der Waals surface area contributed by atoms with Crippen molar-refractivity contribution in [2.45, 2.75) is 30.2 Å². The Labute approximate surface area is 309 Å². The van der Waals surface area contributed by atoms with E-state index in [1.54, 1.807) is 9.80 Å². The SMILES string of the molecule is O=C1c2ccccc2C(Cl)(c2ccccc2)N1Cc1ccccc1.O=C1c2ccccc2C(OCCCO)(c2ccccc2)N1Cc1ccccc1. The third-order valence-electron chi connectivity index (χ3n) is 9.58. The molecule has 0 fully saturated rings. The molecule has 0 saturated carbocycles. The summed E-state index contributed by atoms with van der Waals surface area (Å²) in [6.07, 6.45) is 0.504. The number of amides is 2. The summed E-state index contributed by atoms with van der Waals surface area (Å²) in [4.78, 5) is 29.0. The number of halogens is 1. The van der Waals surface area contributed by atoms with Gasteiger partial charge in [-0.2, -0.15) is 0 Å². The average Bonchev–Trinajstić information content (AvgIpc) is 3.57. The lowest BCUT2D eigenvalue weighted by Gasteiger charge is -2.39. The van der Waals surface area contributed by atoms with Crippen LogP contribution < -0.4 is 0 Å². The van der Waals surface area contributed by atoms with E-state index in [-0.39, 0.29) is 18.4 Å². The van der Waals surface area contributed by atoms with Crippen LogP contribution in [0.2, 0.25) is 0 Å². The largest absolute Gasteiger partial charge is 0.396 e. The molecular weight excluding hydrogens is 668 g/mol. The molecule has 0 aliphatic carbocycles. The first-order valence-corrected chi connectivity index (χ1v) is 17.8. The van der Waals surface area contributed by atoms with E-state index in [1.807, 2.05) is 170 Å². The maximum atomic E-state index is 13.4. The van der Waals surface area contributed by atoms with Crippen LogP contribution >= 0.6 is 11.6 Å². The summed E-state index contributed by atoms with van der Waals surface area (Å²) in [5.41, 5.74) is 5.91. The summed E-state index contributed by atoms with van der Waals surface area (Å²) >= 11 is 7.14. The van der Waals surface area contributed by atoms with Crippen molar-refractivity contribution < 1.29 is 19.4 Å². The molecule has 2 unspecified atom stereocenters. The average molecular weight is 707 g/mol. The van der Waals surface area contributed by atoms with E-state index in [4.69, 9.17) is 16.3 Å². The minimum Gasteiger partial charge on any atom is -0.396 e. The normalized spacial score (nSPS) is 18.8. The summed E-state index contributed by atoms with van der Waals surface area (Å²) in [5.74, 6) is -0.0828. The number of hydrogen-bond acceptors (Lipinski definition) is 4. The fourth-order valence-corrected chi connectivity index (χ4v) is 7.58. The predicted octanol–water partition coefficient (Wildman–Crippen LogP) is 8.73. The van der Waals surface area contributed by atoms with Gasteiger partial charge in [-0.15, -0.1) is 0 Å². The Morgan fingerprint density at radius 1 is 0.519 bits per heavy atom. The van der Waals surface area contributed by atoms with Gasteiger partial charge in [-0.25, -0.2) is 0 Å². The number of fused-ring (bicyclic) bond motifs is 2. The molecule has 6 aromatic rings. The lowest BCUT2D eigenvalue weighted by Crippen LogP contribution is -2.46. The van der Waals surface area contributed by atoms with Gasteiger partial charge in [-0.3, -0.25) is 14.5 Å². The lowest BCUT2D eigenvalue weighted by molar-refractivity contribution is -0.113. The number of aliphatic hydroxyl groups excluding tert-OH is 1. The van der Waals surface area contributed by atoms with Crippen LogP contribution in [0.1, 0.15) is 60.5 Å². The molecule has 2 heterocycles. The summed E-state index contributed by atoms with van der Waals surface area (Å²) < 4.78 is 6.44. The molecule has 0 spiro atoms. The van der Waals surface area contributed by atoms with Gasteiger partial charge < -0.3 is 14.7 Å². The number of benzene rings is 6. The molecule has 260 valence electrons. The van der Waals surface area contributed by atoms with Crippen LogP contribution in [0, 0.1) is 0 Å². The van der Waals surface area contributed by atoms with Crippen molar-refractivity contribution in [1.82, 2.24) is 9.80 Å². The van der Waals surface area contributed by atoms with Crippen molar-refractivity contribution in [1.29, 1.82) is 0 Å². The molecule has 0 bridgehead atoms. The Balaban J connectivity index is 0.000000164. The van der Waals surface area contributed by atoms with Gasteiger partial charge in [0.25, 0.3) is 11.8 Å². The fourth-order valence-electron chi connectivity index (χ4n) is 7.15. The minimum atomic E-state index is -1.01. The van der Waals surface area contributed by atoms with Crippen LogP contribution in [-0.4, -0.2) is 39.9 Å². The van der Waals surface area contributed by atoms with Crippen molar-refractivity contribution in [2.75, 3.05) is 13.2 Å². The standard InChI is InChI=1S/C24H23NO3.C21H16ClNO/c26-16-9-17-28-24(20-12-5-2-6-13-20)22-15-8-7-14-21(22)23(27)25(24)18-19-10-3-1-4-11-19;22-21(17-11-5-2-6-12-17)19-14-8-7-13-18(19)20(24)23(21)15-16-9-3-1-4-10-16/h1-8,10-15,26H,9,16-18H2;1-14H,15H2. The Morgan fingerprint density at radius 2 is 0.942 bits per heavy atom. The fraction of sp³-hybridized carbons (Fsp3) is 0.156. The van der Waals surface area contributed by atoms with Gasteiger partial charge in [0, 0.05) is 47.5 Å². The first-order chi connectivity index (χ1) is 25.5. The zero-order chi connectivity index (χ0) is 36.0. The van der Waals surface area contributed by atoms with Crippen LogP contribution in [0.5, 0.6) is 0 Å². The van der Waals surface area contributed by atoms with E-state index in [0.29, 0.717) is 37.2 Å². The molecule has 2 aliphatic heterocycles. The number of alkyl halides is 1. The van der Waals surface area contributed by atoms with E-state index < -0.39 is 10.7 Å². The van der Waals surface area contributed by atoms with E-state index >= 15 is 0 Å². The van der Waals surface area contributed by atoms with Crippen LogP contribution in [0.15, 0.2) is 170 Å². The Morgan fingerprint density at radius 3 is 1.50 bits per heavy atom. The van der Waals surface area contributed by atoms with Crippen LogP contribution in [0.4, 0.5) is 0 Å². The Kier molecular flexibility index (Phi) is 10.3. The molecule has 2 atom stereocenters. The van der Waals surface area contributed by atoms with Gasteiger partial charge in [0.15, 0.2) is 10.7 Å². The number of nitrogens with zero attached hydrogens (tertiary/aromatic N) is 2. The second-order valence-corrected chi connectivity index (χ2v) is 13.3. The number of ether oxygens (including phenoxy) is 1. The molecule has 8 rings (SSSR count). The van der Waals surface area contributed by atoms with Crippen molar-refractivity contribution in [3.63, 3.8) is 0 Å². The first kappa shape index (κ1) is 34.9. The van der Waals surface area contributed by atoms with Crippen molar-refractivity contribution >= 4 is 23.4 Å². The third-order valence-corrected chi connectivity index (χ3v) is 10.2. The first-order valence-electron chi connectivity index (χ1n) is 17.4. The molecule has 0 aromatic heterocycles. The van der Waals surface area contributed by atoms with Crippen molar-refractivity contribution in [3.8, 4) is 0 Å². The smallest absolute Gasteiger partial charge is 0.257 e. The second kappa shape index (κ2) is 15.4. The highest BCUT2D eigenvalue weighted by molar-refractivity contribution is 6.29. The third kappa shape index (κ3) is 6.41. The highest BCUT2D eigenvalue weighted by Crippen LogP contribution is 2.48. The van der Waals surface area contributed by atoms with Crippen molar-refractivity contribution in [2.24, 2.45) is 0 Å². The molecular formula is C45H39ClN2O4. The van der Waals surface area contributed by atoms with Gasteiger partial charge in [0.2, 0.25) is 0 Å². The highest BCUT2D eigenvalue weighted by atomic mass is 35.5. The molecule has 7 heteroatoms. The van der Waals surface area contributed by atoms with Crippen LogP contribution in [-0.2, 0) is 28.5 Å². The zero-order valence-electron chi connectivity index (χ0n) is 28.6. The van der Waals surface area contributed by atoms with Crippen molar-refractivity contribution in [3.05, 3.63) is 214 Å². The predicted molar refractivity (Wildman–Crippen MR) is 203 cm³/mol. The molecule has 1 N–H and O–H groups in total. The molecule has 6 aromatic carbocycles. The number of carbonyl (C=O) groups excluding carboxylic acids is 2. The van der Waals surface area contributed by atoms with Gasteiger partial charge >= 0.3 is 0 Å². The molecule has 0 saturated heterocycles. The molecule has 6 nitrogen and oxygen atoms in total. The molecule has 2 aliphatic rings. The molecule has 0 radical (unpaired) electrons. The second-order valence-electron chi connectivity index (χ2n) is 12.8. The molecule has 2 amide bonds. The van der Waals surface area contributed by atoms with Gasteiger partial charge in [-0.05, 0) is 35.2 Å². The highest BCUT2D eigenvalue weighted by Gasteiger charge is 2.52. The van der Waals surface area contributed by atoms with Crippen LogP contribution in [0.3, 0.4) is 0 Å². The summed E-state index contributed by atoms with van der Waals surface area (Å²) in [6.45, 7) is 1.28. The quantitative estimate of drug-likeness (QED) is 0.0879. The van der Waals surface area contributed by atoms with Gasteiger partial charge in [0.05, 0.1) is 6.61 Å². The van der Waals surface area contributed by atoms with E-state index in [9.17, 15) is 14.7 Å².